The molecule has 1 saturated heterocycles. The maximum Gasteiger partial charge on any atom is 0.255 e. The molecule has 0 radical (unpaired) electrons. The number of amides is 1. The lowest BCUT2D eigenvalue weighted by atomic mass is 10.2. The zero-order valence-corrected chi connectivity index (χ0v) is 8.23. The number of rotatable bonds is 2. The number of hydrogen-bond donors (Lipinski definition) is 3. The highest BCUT2D eigenvalue weighted by molar-refractivity contribution is 5.96. The molecule has 80 valence electrons. The van der Waals surface area contributed by atoms with Gasteiger partial charge in [0.15, 0.2) is 0 Å². The van der Waals surface area contributed by atoms with E-state index in [9.17, 15) is 9.90 Å². The van der Waals surface area contributed by atoms with Crippen LogP contribution < -0.4 is 10.6 Å². The second-order valence-corrected chi connectivity index (χ2v) is 3.56. The lowest BCUT2D eigenvalue weighted by Crippen LogP contribution is -2.36. The highest BCUT2D eigenvalue weighted by atomic mass is 16.3. The van der Waals surface area contributed by atoms with Gasteiger partial charge < -0.3 is 15.7 Å². The summed E-state index contributed by atoms with van der Waals surface area (Å²) in [6.07, 6.45) is 3.68. The van der Waals surface area contributed by atoms with Crippen LogP contribution in [0.3, 0.4) is 0 Å². The van der Waals surface area contributed by atoms with Crippen molar-refractivity contribution in [3.05, 3.63) is 24.0 Å². The summed E-state index contributed by atoms with van der Waals surface area (Å²) in [6.45, 7) is 1.71. The molecule has 2 rings (SSSR count). The molecule has 15 heavy (non-hydrogen) atoms. The minimum atomic E-state index is -0.247. The maximum absolute atomic E-state index is 11.7. The smallest absolute Gasteiger partial charge is 0.255 e. The fourth-order valence-electron chi connectivity index (χ4n) is 1.62. The summed E-state index contributed by atoms with van der Waals surface area (Å²) < 4.78 is 0. The van der Waals surface area contributed by atoms with Gasteiger partial charge in [-0.1, -0.05) is 0 Å². The first-order valence-corrected chi connectivity index (χ1v) is 4.92. The number of aromatic nitrogens is 1. The SMILES string of the molecule is O=C(N[C@@H]1CCNC1)c1ccncc1O. The van der Waals surface area contributed by atoms with E-state index >= 15 is 0 Å². The predicted octanol–water partition coefficient (Wildman–Crippen LogP) is -0.121. The molecule has 0 unspecified atom stereocenters. The summed E-state index contributed by atoms with van der Waals surface area (Å²) in [6, 6.07) is 1.66. The van der Waals surface area contributed by atoms with Crippen LogP contribution in [0.25, 0.3) is 0 Å². The summed E-state index contributed by atoms with van der Waals surface area (Å²) in [5.41, 5.74) is 0.275. The number of aromatic hydroxyl groups is 1. The lowest BCUT2D eigenvalue weighted by Gasteiger charge is -2.11. The van der Waals surface area contributed by atoms with Crippen molar-refractivity contribution in [3.8, 4) is 5.75 Å². The van der Waals surface area contributed by atoms with E-state index in [1.165, 1.54) is 18.5 Å². The van der Waals surface area contributed by atoms with Crippen LogP contribution in [0.2, 0.25) is 0 Å². The zero-order chi connectivity index (χ0) is 10.7. The van der Waals surface area contributed by atoms with Gasteiger partial charge in [0.05, 0.1) is 11.8 Å². The molecule has 2 heterocycles. The average Bonchev–Trinajstić information content (AvgIpc) is 2.71. The van der Waals surface area contributed by atoms with Gasteiger partial charge in [-0.15, -0.1) is 0 Å². The van der Waals surface area contributed by atoms with Gasteiger partial charge in [0.1, 0.15) is 5.75 Å². The largest absolute Gasteiger partial charge is 0.505 e. The van der Waals surface area contributed by atoms with E-state index in [0.717, 1.165) is 19.5 Å². The molecule has 1 atom stereocenters. The highest BCUT2D eigenvalue weighted by Crippen LogP contribution is 2.14. The minimum Gasteiger partial charge on any atom is -0.505 e. The first-order chi connectivity index (χ1) is 7.27. The van der Waals surface area contributed by atoms with Crippen molar-refractivity contribution >= 4 is 5.91 Å². The summed E-state index contributed by atoms with van der Waals surface area (Å²) in [7, 11) is 0. The summed E-state index contributed by atoms with van der Waals surface area (Å²) >= 11 is 0. The Balaban J connectivity index is 2.04. The number of nitrogens with one attached hydrogen (secondary N) is 2. The van der Waals surface area contributed by atoms with Crippen LogP contribution in [-0.4, -0.2) is 35.1 Å². The van der Waals surface area contributed by atoms with E-state index in [-0.39, 0.29) is 23.3 Å². The average molecular weight is 207 g/mol. The molecule has 1 aliphatic heterocycles. The van der Waals surface area contributed by atoms with Crippen molar-refractivity contribution in [1.82, 2.24) is 15.6 Å². The van der Waals surface area contributed by atoms with Gasteiger partial charge >= 0.3 is 0 Å². The fourth-order valence-corrected chi connectivity index (χ4v) is 1.62. The van der Waals surface area contributed by atoms with Gasteiger partial charge in [0.25, 0.3) is 5.91 Å². The third-order valence-electron chi connectivity index (χ3n) is 2.44. The first-order valence-electron chi connectivity index (χ1n) is 4.92. The van der Waals surface area contributed by atoms with Crippen molar-refractivity contribution in [3.63, 3.8) is 0 Å². The summed E-state index contributed by atoms with van der Waals surface area (Å²) in [5, 5.41) is 15.4. The van der Waals surface area contributed by atoms with Gasteiger partial charge in [-0.05, 0) is 19.0 Å². The fraction of sp³-hybridized carbons (Fsp3) is 0.400. The maximum atomic E-state index is 11.7. The van der Waals surface area contributed by atoms with Crippen molar-refractivity contribution in [2.75, 3.05) is 13.1 Å². The summed E-state index contributed by atoms with van der Waals surface area (Å²) in [5.74, 6) is -0.329. The van der Waals surface area contributed by atoms with Gasteiger partial charge in [-0.2, -0.15) is 0 Å². The molecule has 1 aliphatic rings. The van der Waals surface area contributed by atoms with Crippen molar-refractivity contribution in [2.24, 2.45) is 0 Å². The number of pyridine rings is 1. The predicted molar refractivity (Wildman–Crippen MR) is 54.6 cm³/mol. The van der Waals surface area contributed by atoms with Crippen molar-refractivity contribution < 1.29 is 9.90 Å². The third-order valence-corrected chi connectivity index (χ3v) is 2.44. The Bertz CT molecular complexity index is 361. The van der Waals surface area contributed by atoms with Crippen LogP contribution in [0, 0.1) is 0 Å². The molecule has 0 bridgehead atoms. The molecule has 1 amide bonds. The minimum absolute atomic E-state index is 0.0824. The molecule has 5 nitrogen and oxygen atoms in total. The number of nitrogens with zero attached hydrogens (tertiary/aromatic N) is 1. The van der Waals surface area contributed by atoms with E-state index in [1.54, 1.807) is 0 Å². The van der Waals surface area contributed by atoms with Gasteiger partial charge in [-0.3, -0.25) is 9.78 Å². The molecule has 3 N–H and O–H groups in total. The van der Waals surface area contributed by atoms with Gasteiger partial charge in [0.2, 0.25) is 0 Å². The van der Waals surface area contributed by atoms with E-state index < -0.39 is 0 Å². The molecule has 0 aromatic carbocycles. The molecule has 1 aromatic rings. The second-order valence-electron chi connectivity index (χ2n) is 3.56. The second kappa shape index (κ2) is 4.27. The molecule has 1 fully saturated rings. The zero-order valence-electron chi connectivity index (χ0n) is 8.23. The van der Waals surface area contributed by atoms with Crippen LogP contribution in [0.1, 0.15) is 16.8 Å². The standard InChI is InChI=1S/C10H13N3O2/c14-9-6-12-4-2-8(9)10(15)13-7-1-3-11-5-7/h2,4,6-7,11,14H,1,3,5H2,(H,13,15)/t7-/m1/s1. The topological polar surface area (TPSA) is 74.2 Å². The third kappa shape index (κ3) is 2.24. The Morgan fingerprint density at radius 2 is 2.53 bits per heavy atom. The van der Waals surface area contributed by atoms with E-state index in [2.05, 4.69) is 15.6 Å². The number of carbonyl (C=O) groups excluding carboxylic acids is 1. The molecule has 5 heteroatoms. The monoisotopic (exact) mass is 207 g/mol. The Morgan fingerprint density at radius 1 is 1.67 bits per heavy atom. The Morgan fingerprint density at radius 3 is 3.20 bits per heavy atom. The highest BCUT2D eigenvalue weighted by Gasteiger charge is 2.18. The van der Waals surface area contributed by atoms with E-state index in [4.69, 9.17) is 0 Å². The molecular formula is C10H13N3O2. The summed E-state index contributed by atoms with van der Waals surface area (Å²) in [4.78, 5) is 15.4. The molecular weight excluding hydrogens is 194 g/mol. The quantitative estimate of drug-likeness (QED) is 0.632. The van der Waals surface area contributed by atoms with Crippen LogP contribution in [-0.2, 0) is 0 Å². The Hall–Kier alpha value is -1.62. The van der Waals surface area contributed by atoms with Gasteiger partial charge in [-0.25, -0.2) is 0 Å². The van der Waals surface area contributed by atoms with E-state index in [0.29, 0.717) is 0 Å². The normalized spacial score (nSPS) is 20.1. The van der Waals surface area contributed by atoms with Gasteiger partial charge in [0, 0.05) is 18.8 Å². The van der Waals surface area contributed by atoms with Crippen LogP contribution in [0.4, 0.5) is 0 Å². The Labute approximate surface area is 87.5 Å². The molecule has 0 spiro atoms. The molecule has 0 aliphatic carbocycles. The first kappa shape index (κ1) is 9.92. The van der Waals surface area contributed by atoms with Crippen molar-refractivity contribution in [1.29, 1.82) is 0 Å². The number of carbonyl (C=O) groups is 1. The lowest BCUT2D eigenvalue weighted by molar-refractivity contribution is 0.0937. The van der Waals surface area contributed by atoms with Crippen molar-refractivity contribution in [2.45, 2.75) is 12.5 Å². The van der Waals surface area contributed by atoms with E-state index in [1.807, 2.05) is 0 Å². The molecule has 0 saturated carbocycles. The van der Waals surface area contributed by atoms with Crippen LogP contribution in [0.5, 0.6) is 5.75 Å². The Kier molecular flexibility index (Phi) is 2.82. The van der Waals surface area contributed by atoms with Crippen LogP contribution in [0.15, 0.2) is 18.5 Å². The molecule has 1 aromatic heterocycles. The van der Waals surface area contributed by atoms with Crippen LogP contribution >= 0.6 is 0 Å². The number of hydrogen-bond acceptors (Lipinski definition) is 4.